The number of benzene rings is 2. The van der Waals surface area contributed by atoms with E-state index in [1.54, 1.807) is 0 Å². The van der Waals surface area contributed by atoms with Crippen LogP contribution in [0.2, 0.25) is 0 Å². The molecule has 0 amide bonds. The van der Waals surface area contributed by atoms with Crippen molar-refractivity contribution in [3.05, 3.63) is 73.5 Å². The molecule has 0 radical (unpaired) electrons. The van der Waals surface area contributed by atoms with E-state index in [0.717, 1.165) is 11.1 Å². The Morgan fingerprint density at radius 3 is 0.933 bits per heavy atom. The summed E-state index contributed by atoms with van der Waals surface area (Å²) in [6.45, 7) is 10.4. The van der Waals surface area contributed by atoms with Gasteiger partial charge in [0, 0.05) is 0 Å². The fourth-order valence-electron chi connectivity index (χ4n) is 1.89. The van der Waals surface area contributed by atoms with Gasteiger partial charge < -0.3 is 30.2 Å². The number of anilines is 2. The second kappa shape index (κ2) is 21.2. The molecule has 0 unspecified atom stereocenters. The molecule has 0 spiro atoms. The minimum absolute atomic E-state index is 0. The molecule has 0 bridgehead atoms. The molecule has 0 aliphatic rings. The zero-order valence-corrected chi connectivity index (χ0v) is 22.7. The number of rotatable bonds is 2. The van der Waals surface area contributed by atoms with Crippen LogP contribution in [0.25, 0.3) is 0 Å². The van der Waals surface area contributed by atoms with Gasteiger partial charge in [-0.25, -0.2) is 0 Å². The van der Waals surface area contributed by atoms with E-state index in [2.05, 4.69) is 35.8 Å². The first-order chi connectivity index (χ1) is 12.9. The van der Waals surface area contributed by atoms with Gasteiger partial charge in [-0.2, -0.15) is 37.1 Å². The summed E-state index contributed by atoms with van der Waals surface area (Å²) in [6.07, 6.45) is -2.33. The van der Waals surface area contributed by atoms with Crippen LogP contribution in [-0.2, 0) is 42.1 Å². The smallest absolute Gasteiger partial charge is 0.428 e. The van der Waals surface area contributed by atoms with Crippen molar-refractivity contribution >= 4 is 11.4 Å². The molecule has 0 saturated heterocycles. The molecule has 6 nitrogen and oxygen atoms in total. The van der Waals surface area contributed by atoms with Gasteiger partial charge in [0.2, 0.25) is 0 Å². The molecule has 2 rings (SSSR count). The molecule has 2 aromatic carbocycles. The van der Waals surface area contributed by atoms with Crippen LogP contribution in [0.3, 0.4) is 0 Å². The Morgan fingerprint density at radius 1 is 0.600 bits per heavy atom. The second-order valence-electron chi connectivity index (χ2n) is 6.31. The molecule has 4 N–H and O–H groups in total. The molecular weight excluding hydrogens is 548 g/mol. The monoisotopic (exact) mass is 588 g/mol. The van der Waals surface area contributed by atoms with E-state index in [1.165, 1.54) is 25.2 Å². The van der Waals surface area contributed by atoms with Gasteiger partial charge in [0.15, 0.2) is 0 Å². The Balaban J connectivity index is -0.000000160. The third-order valence-corrected chi connectivity index (χ3v) is 2.95. The second-order valence-corrected chi connectivity index (χ2v) is 6.31. The van der Waals surface area contributed by atoms with E-state index in [1.807, 2.05) is 64.6 Å². The minimum atomic E-state index is -1.17. The summed E-state index contributed by atoms with van der Waals surface area (Å²) in [4.78, 5) is 4.12. The number of para-hydroxylation sites is 2. The summed E-state index contributed by atoms with van der Waals surface area (Å²) in [5.74, 6) is 0. The van der Waals surface area contributed by atoms with Crippen molar-refractivity contribution in [2.75, 3.05) is 38.0 Å². The van der Waals surface area contributed by atoms with Crippen molar-refractivity contribution in [3.63, 3.8) is 0 Å². The Labute approximate surface area is 211 Å². The Hall–Kier alpha value is -1.00. The third-order valence-electron chi connectivity index (χ3n) is 2.95. The summed E-state index contributed by atoms with van der Waals surface area (Å²) >= 11 is 0. The average molecular weight is 584 g/mol. The first kappa shape index (κ1) is 36.4. The van der Waals surface area contributed by atoms with Crippen LogP contribution < -0.4 is 9.80 Å². The van der Waals surface area contributed by atoms with Crippen molar-refractivity contribution in [1.82, 2.24) is 0 Å². The summed E-state index contributed by atoms with van der Waals surface area (Å²) in [6, 6.07) is 16.2. The van der Waals surface area contributed by atoms with Gasteiger partial charge in [-0.15, -0.1) is 12.1 Å². The van der Waals surface area contributed by atoms with E-state index < -0.39 is 12.6 Å². The van der Waals surface area contributed by atoms with Crippen LogP contribution in [-0.4, -0.2) is 61.2 Å². The Morgan fingerprint density at radius 2 is 0.800 bits per heavy atom. The third kappa shape index (κ3) is 21.7. The first-order valence-electron chi connectivity index (χ1n) is 8.79. The zero-order valence-electron chi connectivity index (χ0n) is 18.7. The van der Waals surface area contributed by atoms with Crippen molar-refractivity contribution in [1.29, 1.82) is 0 Å². The minimum Gasteiger partial charge on any atom is -0.428 e. The zero-order chi connectivity index (χ0) is 22.3. The van der Waals surface area contributed by atoms with Crippen LogP contribution in [0, 0.1) is 13.8 Å². The quantitative estimate of drug-likeness (QED) is 0.247. The standard InChI is InChI=1S/2C9H12N.2C2H6O2.2Mo/c2*1-8-6-4-5-7-9(8)10(2)3;2*1-2(3)4;;/h2*4-7H,1H2,2-3H3;2*2-4H,1H3;;/q2*-1;;;2*+2. The molecule has 2 aromatic rings. The van der Waals surface area contributed by atoms with Crippen molar-refractivity contribution in [2.45, 2.75) is 26.4 Å². The Kier molecular flexibility index (Phi) is 25.7. The first-order valence-corrected chi connectivity index (χ1v) is 8.79. The fourth-order valence-corrected chi connectivity index (χ4v) is 1.89. The molecule has 8 heteroatoms. The maximum atomic E-state index is 7.61. The maximum Gasteiger partial charge on any atom is 2.00 e. The number of nitrogens with zero attached hydrogens (tertiary/aromatic N) is 2. The summed E-state index contributed by atoms with van der Waals surface area (Å²) < 4.78 is 0. The molecule has 168 valence electrons. The Bertz CT molecular complexity index is 579. The molecule has 0 saturated carbocycles. The van der Waals surface area contributed by atoms with Gasteiger partial charge in [-0.05, 0) is 42.0 Å². The van der Waals surface area contributed by atoms with E-state index >= 15 is 0 Å². The van der Waals surface area contributed by atoms with Crippen molar-refractivity contribution in [3.8, 4) is 0 Å². The average Bonchev–Trinajstić information content (AvgIpc) is 2.54. The van der Waals surface area contributed by atoms with Gasteiger partial charge in [0.1, 0.15) is 12.6 Å². The predicted octanol–water partition coefficient (Wildman–Crippen LogP) is 2.50. The maximum absolute atomic E-state index is 7.61. The number of aliphatic hydroxyl groups excluding tert-OH is 2. The molecule has 0 aliphatic heterocycles. The molecule has 0 atom stereocenters. The molecule has 0 heterocycles. The largest absolute Gasteiger partial charge is 2.00 e. The predicted molar refractivity (Wildman–Crippen MR) is 118 cm³/mol. The van der Waals surface area contributed by atoms with Crippen LogP contribution in [0.5, 0.6) is 0 Å². The van der Waals surface area contributed by atoms with Gasteiger partial charge >= 0.3 is 42.1 Å². The van der Waals surface area contributed by atoms with Gasteiger partial charge in [0.25, 0.3) is 0 Å². The molecular formula is C22H36Mo2N2O4+2. The number of aliphatic hydroxyl groups is 4. The number of hydrogen-bond donors (Lipinski definition) is 4. The van der Waals surface area contributed by atoms with Gasteiger partial charge in [-0.3, -0.25) is 0 Å². The summed E-state index contributed by atoms with van der Waals surface area (Å²) in [7, 11) is 8.07. The van der Waals surface area contributed by atoms with Crippen molar-refractivity contribution < 1.29 is 62.6 Å². The van der Waals surface area contributed by atoms with Gasteiger partial charge in [0.05, 0.1) is 0 Å². The van der Waals surface area contributed by atoms with E-state index in [4.69, 9.17) is 20.4 Å². The fraction of sp³-hybridized carbons (Fsp3) is 0.364. The molecule has 0 aromatic heterocycles. The van der Waals surface area contributed by atoms with E-state index in [-0.39, 0.29) is 42.1 Å². The van der Waals surface area contributed by atoms with Gasteiger partial charge in [-0.1, -0.05) is 35.6 Å². The number of hydrogen-bond acceptors (Lipinski definition) is 6. The molecule has 0 aliphatic carbocycles. The van der Waals surface area contributed by atoms with Crippen LogP contribution in [0.15, 0.2) is 48.5 Å². The van der Waals surface area contributed by atoms with E-state index in [9.17, 15) is 0 Å². The SMILES string of the molecule is CC(O)O.CC(O)O.[CH2-]c1ccccc1N(C)C.[CH2-]c1ccccc1N(C)C.[Mo+2].[Mo+2]. The van der Waals surface area contributed by atoms with Crippen molar-refractivity contribution in [2.24, 2.45) is 0 Å². The van der Waals surface area contributed by atoms with Crippen LogP contribution in [0.4, 0.5) is 11.4 Å². The van der Waals surface area contributed by atoms with Crippen LogP contribution in [0.1, 0.15) is 25.0 Å². The van der Waals surface area contributed by atoms with E-state index in [0.29, 0.717) is 0 Å². The normalized spacial score (nSPS) is 8.67. The molecule has 0 fully saturated rings. The van der Waals surface area contributed by atoms with Crippen LogP contribution >= 0.6 is 0 Å². The summed E-state index contributed by atoms with van der Waals surface area (Å²) in [5.41, 5.74) is 4.52. The topological polar surface area (TPSA) is 87.4 Å². The summed E-state index contributed by atoms with van der Waals surface area (Å²) in [5, 5.41) is 30.4. The molecule has 30 heavy (non-hydrogen) atoms.